The first-order chi connectivity index (χ1) is 12.2. The number of aryl methyl sites for hydroxylation is 1. The predicted octanol–water partition coefficient (Wildman–Crippen LogP) is 1.34. The van der Waals surface area contributed by atoms with Crippen LogP contribution in [0.1, 0.15) is 22.6 Å². The lowest BCUT2D eigenvalue weighted by Gasteiger charge is -2.37. The van der Waals surface area contributed by atoms with Crippen molar-refractivity contribution in [1.82, 2.24) is 20.3 Å². The summed E-state index contributed by atoms with van der Waals surface area (Å²) in [5, 5.41) is 7.33. The highest BCUT2D eigenvalue weighted by molar-refractivity contribution is 5.82. The van der Waals surface area contributed by atoms with Gasteiger partial charge >= 0.3 is 0 Å². The Morgan fingerprint density at radius 1 is 1.24 bits per heavy atom. The van der Waals surface area contributed by atoms with E-state index in [1.165, 1.54) is 11.1 Å². The van der Waals surface area contributed by atoms with Crippen molar-refractivity contribution < 1.29 is 9.32 Å². The van der Waals surface area contributed by atoms with Crippen LogP contribution < -0.4 is 5.32 Å². The lowest BCUT2D eigenvalue weighted by atomic mass is 9.95. The van der Waals surface area contributed by atoms with Gasteiger partial charge in [-0.15, -0.1) is 0 Å². The number of benzene rings is 1. The van der Waals surface area contributed by atoms with E-state index in [0.29, 0.717) is 0 Å². The molecule has 2 aliphatic heterocycles. The van der Waals surface area contributed by atoms with Crippen molar-refractivity contribution in [1.29, 1.82) is 0 Å². The Kier molecular flexibility index (Phi) is 4.55. The van der Waals surface area contributed by atoms with E-state index in [1.54, 1.807) is 0 Å². The van der Waals surface area contributed by atoms with E-state index in [9.17, 15) is 4.79 Å². The molecule has 1 amide bonds. The van der Waals surface area contributed by atoms with E-state index >= 15 is 0 Å². The first-order valence-corrected chi connectivity index (χ1v) is 8.92. The van der Waals surface area contributed by atoms with Crippen molar-refractivity contribution in [3.8, 4) is 0 Å². The molecule has 1 aromatic carbocycles. The van der Waals surface area contributed by atoms with Gasteiger partial charge in [0.15, 0.2) is 5.76 Å². The van der Waals surface area contributed by atoms with Crippen LogP contribution in [-0.2, 0) is 24.3 Å². The van der Waals surface area contributed by atoms with Crippen LogP contribution >= 0.6 is 0 Å². The number of carbonyl (C=O) groups is 1. The number of hydrogen-bond donors (Lipinski definition) is 1. The van der Waals surface area contributed by atoms with Gasteiger partial charge in [-0.25, -0.2) is 0 Å². The Morgan fingerprint density at radius 3 is 2.72 bits per heavy atom. The summed E-state index contributed by atoms with van der Waals surface area (Å²) < 4.78 is 5.29. The molecule has 1 N–H and O–H groups in total. The van der Waals surface area contributed by atoms with Crippen molar-refractivity contribution in [2.75, 3.05) is 26.2 Å². The van der Waals surface area contributed by atoms with Crippen LogP contribution in [-0.4, -0.2) is 53.1 Å². The molecule has 2 aromatic rings. The number of aromatic nitrogens is 1. The third-order valence-corrected chi connectivity index (χ3v) is 5.12. The molecule has 0 radical (unpaired) electrons. The summed E-state index contributed by atoms with van der Waals surface area (Å²) in [7, 11) is 0. The highest BCUT2D eigenvalue weighted by Gasteiger charge is 2.30. The van der Waals surface area contributed by atoms with Gasteiger partial charge in [0.2, 0.25) is 5.91 Å². The molecular weight excluding hydrogens is 316 g/mol. The average Bonchev–Trinajstić information content (AvgIpc) is 3.06. The fourth-order valence-electron chi connectivity index (χ4n) is 3.69. The lowest BCUT2D eigenvalue weighted by Crippen LogP contribution is -2.55. The maximum absolute atomic E-state index is 12.8. The van der Waals surface area contributed by atoms with Crippen LogP contribution in [0.4, 0.5) is 0 Å². The molecular formula is C19H24N4O2. The van der Waals surface area contributed by atoms with Crippen LogP contribution in [0.15, 0.2) is 34.9 Å². The van der Waals surface area contributed by atoms with Crippen molar-refractivity contribution in [3.05, 3.63) is 52.9 Å². The molecule has 0 aliphatic carbocycles. The SMILES string of the molecule is Cc1cc(CN2CCN(C(=O)C3Cc4ccccc4CN3)CC2)on1. The minimum absolute atomic E-state index is 0.0987. The quantitative estimate of drug-likeness (QED) is 0.914. The molecule has 6 heteroatoms. The first kappa shape index (κ1) is 16.3. The number of carbonyl (C=O) groups excluding carboxylic acids is 1. The molecule has 0 spiro atoms. The number of nitrogens with zero attached hydrogens (tertiary/aromatic N) is 3. The molecule has 6 nitrogen and oxygen atoms in total. The molecule has 1 atom stereocenters. The molecule has 1 unspecified atom stereocenters. The Bertz CT molecular complexity index is 749. The molecule has 4 rings (SSSR count). The van der Waals surface area contributed by atoms with E-state index < -0.39 is 0 Å². The monoisotopic (exact) mass is 340 g/mol. The summed E-state index contributed by atoms with van der Waals surface area (Å²) in [4.78, 5) is 17.2. The summed E-state index contributed by atoms with van der Waals surface area (Å²) in [6.45, 7) is 6.75. The van der Waals surface area contributed by atoms with Gasteiger partial charge in [-0.3, -0.25) is 9.69 Å². The summed E-state index contributed by atoms with van der Waals surface area (Å²) in [6, 6.07) is 10.2. The van der Waals surface area contributed by atoms with E-state index in [1.807, 2.05) is 17.9 Å². The van der Waals surface area contributed by atoms with E-state index in [2.05, 4.69) is 39.6 Å². The third-order valence-electron chi connectivity index (χ3n) is 5.12. The third kappa shape index (κ3) is 3.60. The van der Waals surface area contributed by atoms with Crippen LogP contribution in [0.25, 0.3) is 0 Å². The summed E-state index contributed by atoms with van der Waals surface area (Å²) in [5.41, 5.74) is 3.50. The summed E-state index contributed by atoms with van der Waals surface area (Å²) in [6.07, 6.45) is 0.784. The Hall–Kier alpha value is -2.18. The van der Waals surface area contributed by atoms with E-state index in [4.69, 9.17) is 4.52 Å². The normalized spacial score (nSPS) is 21.2. The van der Waals surface area contributed by atoms with Gasteiger partial charge in [-0.1, -0.05) is 29.4 Å². The van der Waals surface area contributed by atoms with Crippen LogP contribution in [0, 0.1) is 6.92 Å². The molecule has 1 aromatic heterocycles. The van der Waals surface area contributed by atoms with Gasteiger partial charge in [0.05, 0.1) is 18.3 Å². The Morgan fingerprint density at radius 2 is 2.00 bits per heavy atom. The highest BCUT2D eigenvalue weighted by atomic mass is 16.5. The summed E-state index contributed by atoms with van der Waals surface area (Å²) >= 11 is 0. The van der Waals surface area contributed by atoms with Gasteiger partial charge in [0, 0.05) is 38.8 Å². The minimum atomic E-state index is -0.0987. The second-order valence-corrected chi connectivity index (χ2v) is 6.94. The molecule has 1 saturated heterocycles. The van der Waals surface area contributed by atoms with Crippen molar-refractivity contribution in [2.45, 2.75) is 32.5 Å². The predicted molar refractivity (Wildman–Crippen MR) is 93.9 cm³/mol. The topological polar surface area (TPSA) is 61.6 Å². The molecule has 0 saturated carbocycles. The maximum Gasteiger partial charge on any atom is 0.240 e. The zero-order valence-corrected chi connectivity index (χ0v) is 14.6. The molecule has 25 heavy (non-hydrogen) atoms. The molecule has 0 bridgehead atoms. The van der Waals surface area contributed by atoms with Crippen molar-refractivity contribution >= 4 is 5.91 Å². The van der Waals surface area contributed by atoms with Gasteiger partial charge in [-0.05, 0) is 24.5 Å². The van der Waals surface area contributed by atoms with Gasteiger partial charge < -0.3 is 14.7 Å². The van der Waals surface area contributed by atoms with Crippen LogP contribution in [0.2, 0.25) is 0 Å². The second-order valence-electron chi connectivity index (χ2n) is 6.94. The van der Waals surface area contributed by atoms with Crippen LogP contribution in [0.5, 0.6) is 0 Å². The largest absolute Gasteiger partial charge is 0.360 e. The smallest absolute Gasteiger partial charge is 0.240 e. The maximum atomic E-state index is 12.8. The van der Waals surface area contributed by atoms with Crippen molar-refractivity contribution in [2.24, 2.45) is 0 Å². The molecule has 3 heterocycles. The number of fused-ring (bicyclic) bond motifs is 1. The molecule has 2 aliphatic rings. The van der Waals surface area contributed by atoms with E-state index in [-0.39, 0.29) is 11.9 Å². The van der Waals surface area contributed by atoms with Gasteiger partial charge in [0.1, 0.15) is 0 Å². The lowest BCUT2D eigenvalue weighted by molar-refractivity contribution is -0.135. The minimum Gasteiger partial charge on any atom is -0.360 e. The Labute approximate surface area is 147 Å². The Balaban J connectivity index is 1.31. The standard InChI is InChI=1S/C19H24N4O2/c1-14-10-17(25-21-14)13-22-6-8-23(9-7-22)19(24)18-11-15-4-2-3-5-16(15)12-20-18/h2-5,10,18,20H,6-9,11-13H2,1H3. The average molecular weight is 340 g/mol. The van der Waals surface area contributed by atoms with Gasteiger partial charge in [0.25, 0.3) is 0 Å². The number of piperazine rings is 1. The fourth-order valence-corrected chi connectivity index (χ4v) is 3.69. The number of rotatable bonds is 3. The van der Waals surface area contributed by atoms with Crippen LogP contribution in [0.3, 0.4) is 0 Å². The molecule has 132 valence electrons. The number of hydrogen-bond acceptors (Lipinski definition) is 5. The highest BCUT2D eigenvalue weighted by Crippen LogP contribution is 2.18. The van der Waals surface area contributed by atoms with E-state index in [0.717, 1.165) is 57.1 Å². The fraction of sp³-hybridized carbons (Fsp3) is 0.474. The molecule has 1 fully saturated rings. The van der Waals surface area contributed by atoms with Crippen molar-refractivity contribution in [3.63, 3.8) is 0 Å². The number of amides is 1. The second kappa shape index (κ2) is 6.98. The van der Waals surface area contributed by atoms with Gasteiger partial charge in [-0.2, -0.15) is 0 Å². The zero-order valence-electron chi connectivity index (χ0n) is 14.6. The zero-order chi connectivity index (χ0) is 17.2. The summed E-state index contributed by atoms with van der Waals surface area (Å²) in [5.74, 6) is 1.12. The number of nitrogens with one attached hydrogen (secondary N) is 1. The first-order valence-electron chi connectivity index (χ1n) is 8.92.